The first-order chi connectivity index (χ1) is 7.83. The van der Waals surface area contributed by atoms with Gasteiger partial charge in [-0.25, -0.2) is 4.98 Å². The molecular formula is C10H8N4O2. The Hall–Kier alpha value is -2.42. The fraction of sp³-hybridized carbons (Fsp3) is 0.200. The minimum atomic E-state index is 0.132. The van der Waals surface area contributed by atoms with Gasteiger partial charge in [-0.15, -0.1) is 0 Å². The molecule has 2 aromatic rings. The minimum absolute atomic E-state index is 0.132. The molecule has 0 atom stereocenters. The maximum absolute atomic E-state index is 8.47. The second-order valence-corrected chi connectivity index (χ2v) is 2.94. The van der Waals surface area contributed by atoms with Crippen LogP contribution in [0.5, 0.6) is 5.88 Å². The van der Waals surface area contributed by atoms with Crippen LogP contribution in [-0.4, -0.2) is 22.2 Å². The summed E-state index contributed by atoms with van der Waals surface area (Å²) in [5.74, 6) is 1.23. The van der Waals surface area contributed by atoms with E-state index in [9.17, 15) is 0 Å². The molecule has 0 aliphatic rings. The van der Waals surface area contributed by atoms with Crippen molar-refractivity contribution in [2.75, 3.05) is 7.11 Å². The zero-order valence-electron chi connectivity index (χ0n) is 8.54. The van der Waals surface area contributed by atoms with Crippen LogP contribution in [-0.2, 0) is 6.42 Å². The molecular weight excluding hydrogens is 208 g/mol. The molecule has 2 aromatic heterocycles. The van der Waals surface area contributed by atoms with Gasteiger partial charge < -0.3 is 9.26 Å². The van der Waals surface area contributed by atoms with Crippen molar-refractivity contribution >= 4 is 0 Å². The molecule has 0 saturated carbocycles. The van der Waals surface area contributed by atoms with Gasteiger partial charge in [0.25, 0.3) is 5.89 Å². The average Bonchev–Trinajstić information content (AvgIpc) is 2.78. The Bertz CT molecular complexity index is 512. The maximum Gasteiger partial charge on any atom is 0.259 e. The normalized spacial score (nSPS) is 9.75. The van der Waals surface area contributed by atoms with Gasteiger partial charge in [-0.3, -0.25) is 0 Å². The molecule has 0 amide bonds. The number of rotatable bonds is 3. The third-order valence-electron chi connectivity index (χ3n) is 1.90. The molecule has 2 heterocycles. The third-order valence-corrected chi connectivity index (χ3v) is 1.90. The van der Waals surface area contributed by atoms with Gasteiger partial charge in [-0.1, -0.05) is 5.16 Å². The lowest BCUT2D eigenvalue weighted by Gasteiger charge is -1.97. The van der Waals surface area contributed by atoms with Crippen LogP contribution in [0.4, 0.5) is 0 Å². The monoisotopic (exact) mass is 216 g/mol. The second kappa shape index (κ2) is 4.40. The van der Waals surface area contributed by atoms with E-state index in [0.717, 1.165) is 0 Å². The van der Waals surface area contributed by atoms with Crippen LogP contribution >= 0.6 is 0 Å². The van der Waals surface area contributed by atoms with E-state index in [4.69, 9.17) is 14.5 Å². The highest BCUT2D eigenvalue weighted by Gasteiger charge is 2.08. The molecule has 6 heteroatoms. The summed E-state index contributed by atoms with van der Waals surface area (Å²) in [6.07, 6.45) is 1.70. The van der Waals surface area contributed by atoms with Crippen molar-refractivity contribution in [2.45, 2.75) is 6.42 Å². The van der Waals surface area contributed by atoms with Crippen molar-refractivity contribution in [3.8, 4) is 23.4 Å². The summed E-state index contributed by atoms with van der Waals surface area (Å²) in [4.78, 5) is 8.06. The predicted molar refractivity (Wildman–Crippen MR) is 53.4 cm³/mol. The lowest BCUT2D eigenvalue weighted by molar-refractivity contribution is 0.397. The number of nitriles is 1. The number of hydrogen-bond donors (Lipinski definition) is 0. The molecule has 16 heavy (non-hydrogen) atoms. The van der Waals surface area contributed by atoms with Crippen molar-refractivity contribution in [3.63, 3.8) is 0 Å². The quantitative estimate of drug-likeness (QED) is 0.766. The molecule has 0 saturated heterocycles. The molecule has 0 aliphatic heterocycles. The van der Waals surface area contributed by atoms with Crippen LogP contribution in [0.25, 0.3) is 11.5 Å². The number of methoxy groups -OCH3 is 1. The molecule has 0 radical (unpaired) electrons. The zero-order chi connectivity index (χ0) is 11.4. The number of ether oxygens (including phenoxy) is 1. The van der Waals surface area contributed by atoms with Crippen LogP contribution in [0, 0.1) is 11.3 Å². The van der Waals surface area contributed by atoms with Crippen LogP contribution in [0.1, 0.15) is 5.82 Å². The molecule has 0 aromatic carbocycles. The lowest BCUT2D eigenvalue weighted by atomic mass is 10.3. The summed E-state index contributed by atoms with van der Waals surface area (Å²) in [6.45, 7) is 0. The molecule has 0 unspecified atom stereocenters. The highest BCUT2D eigenvalue weighted by atomic mass is 16.5. The molecule has 0 aliphatic carbocycles. The zero-order valence-corrected chi connectivity index (χ0v) is 8.54. The van der Waals surface area contributed by atoms with Gasteiger partial charge >= 0.3 is 0 Å². The summed E-state index contributed by atoms with van der Waals surface area (Å²) in [7, 11) is 1.54. The lowest BCUT2D eigenvalue weighted by Crippen LogP contribution is -1.88. The van der Waals surface area contributed by atoms with E-state index in [-0.39, 0.29) is 6.42 Å². The van der Waals surface area contributed by atoms with Crippen molar-refractivity contribution < 1.29 is 9.26 Å². The number of nitrogens with zero attached hydrogens (tertiary/aromatic N) is 4. The van der Waals surface area contributed by atoms with Gasteiger partial charge in [-0.05, 0) is 6.07 Å². The van der Waals surface area contributed by atoms with Crippen LogP contribution in [0.15, 0.2) is 22.9 Å². The summed E-state index contributed by atoms with van der Waals surface area (Å²) in [5, 5.41) is 12.1. The van der Waals surface area contributed by atoms with Crippen molar-refractivity contribution in [3.05, 3.63) is 24.2 Å². The summed E-state index contributed by atoms with van der Waals surface area (Å²) >= 11 is 0. The first-order valence-corrected chi connectivity index (χ1v) is 4.53. The third kappa shape index (κ3) is 1.98. The van der Waals surface area contributed by atoms with Gasteiger partial charge in [0.15, 0.2) is 5.82 Å². The van der Waals surface area contributed by atoms with Gasteiger partial charge in [-0.2, -0.15) is 10.2 Å². The Balaban J connectivity index is 2.25. The fourth-order valence-corrected chi connectivity index (χ4v) is 1.14. The first-order valence-electron chi connectivity index (χ1n) is 4.53. The molecule has 0 N–H and O–H groups in total. The van der Waals surface area contributed by atoms with Crippen molar-refractivity contribution in [2.24, 2.45) is 0 Å². The van der Waals surface area contributed by atoms with Gasteiger partial charge in [0, 0.05) is 12.3 Å². The van der Waals surface area contributed by atoms with E-state index in [0.29, 0.717) is 23.2 Å². The number of aromatic nitrogens is 3. The fourth-order valence-electron chi connectivity index (χ4n) is 1.14. The van der Waals surface area contributed by atoms with E-state index in [1.54, 1.807) is 25.4 Å². The molecule has 2 rings (SSSR count). The van der Waals surface area contributed by atoms with Crippen LogP contribution in [0.3, 0.4) is 0 Å². The highest BCUT2D eigenvalue weighted by molar-refractivity contribution is 5.51. The van der Waals surface area contributed by atoms with Crippen molar-refractivity contribution in [1.82, 2.24) is 15.1 Å². The molecule has 0 fully saturated rings. The maximum atomic E-state index is 8.47. The van der Waals surface area contributed by atoms with Gasteiger partial charge in [0.2, 0.25) is 5.88 Å². The average molecular weight is 216 g/mol. The van der Waals surface area contributed by atoms with Gasteiger partial charge in [0.1, 0.15) is 0 Å². The van der Waals surface area contributed by atoms with E-state index < -0.39 is 0 Å². The Morgan fingerprint density at radius 1 is 1.50 bits per heavy atom. The summed E-state index contributed by atoms with van der Waals surface area (Å²) < 4.78 is 9.91. The SMILES string of the molecule is COc1ccc(-c2nc(CC#N)no2)cn1. The van der Waals surface area contributed by atoms with Crippen LogP contribution < -0.4 is 4.74 Å². The van der Waals surface area contributed by atoms with Crippen molar-refractivity contribution in [1.29, 1.82) is 5.26 Å². The molecule has 80 valence electrons. The van der Waals surface area contributed by atoms with E-state index >= 15 is 0 Å². The number of pyridine rings is 1. The Kier molecular flexibility index (Phi) is 2.78. The summed E-state index contributed by atoms with van der Waals surface area (Å²) in [5.41, 5.74) is 0.692. The largest absolute Gasteiger partial charge is 0.481 e. The van der Waals surface area contributed by atoms with E-state index in [2.05, 4.69) is 15.1 Å². The Morgan fingerprint density at radius 3 is 3.00 bits per heavy atom. The molecule has 0 bridgehead atoms. The molecule has 6 nitrogen and oxygen atoms in total. The van der Waals surface area contributed by atoms with E-state index in [1.165, 1.54) is 0 Å². The minimum Gasteiger partial charge on any atom is -0.481 e. The van der Waals surface area contributed by atoms with Crippen LogP contribution in [0.2, 0.25) is 0 Å². The smallest absolute Gasteiger partial charge is 0.259 e. The standard InChI is InChI=1S/C10H8N4O2/c1-15-9-3-2-7(6-12-9)10-13-8(4-5-11)14-16-10/h2-3,6H,4H2,1H3. The Labute approximate surface area is 91.5 Å². The predicted octanol–water partition coefficient (Wildman–Crippen LogP) is 1.21. The highest BCUT2D eigenvalue weighted by Crippen LogP contribution is 2.18. The Morgan fingerprint density at radius 2 is 2.38 bits per heavy atom. The van der Waals surface area contributed by atoms with E-state index in [1.807, 2.05) is 6.07 Å². The first kappa shape index (κ1) is 10.1. The number of hydrogen-bond acceptors (Lipinski definition) is 6. The second-order valence-electron chi connectivity index (χ2n) is 2.94. The van der Waals surface area contributed by atoms with Gasteiger partial charge in [0.05, 0.1) is 25.2 Å². The topological polar surface area (TPSA) is 84.8 Å². The summed E-state index contributed by atoms with van der Waals surface area (Å²) in [6, 6.07) is 5.40. The molecule has 0 spiro atoms.